The van der Waals surface area contributed by atoms with Crippen LogP contribution in [0.3, 0.4) is 0 Å². The van der Waals surface area contributed by atoms with Gasteiger partial charge in [-0.3, -0.25) is 0 Å². The van der Waals surface area contributed by atoms with Gasteiger partial charge in [-0.2, -0.15) is 0 Å². The van der Waals surface area contributed by atoms with Gasteiger partial charge in [0.15, 0.2) is 11.5 Å². The molecule has 0 saturated carbocycles. The Bertz CT molecular complexity index is 394. The van der Waals surface area contributed by atoms with E-state index in [1.54, 1.807) is 19.1 Å². The van der Waals surface area contributed by atoms with E-state index in [4.69, 9.17) is 4.74 Å². The summed E-state index contributed by atoms with van der Waals surface area (Å²) in [4.78, 5) is 11.3. The van der Waals surface area contributed by atoms with Gasteiger partial charge in [0.25, 0.3) is 0 Å². The maximum absolute atomic E-state index is 11.3. The molecule has 3 heteroatoms. The number of aryl methyl sites for hydroxylation is 1. The number of phenols is 1. The zero-order valence-corrected chi connectivity index (χ0v) is 8.91. The highest BCUT2D eigenvalue weighted by Gasteiger charge is 2.12. The van der Waals surface area contributed by atoms with Crippen LogP contribution in [0.2, 0.25) is 0 Å². The molecule has 1 aromatic rings. The molecule has 0 fully saturated rings. The second-order valence-corrected chi connectivity index (χ2v) is 3.29. The topological polar surface area (TPSA) is 46.5 Å². The molecule has 0 bridgehead atoms. The van der Waals surface area contributed by atoms with Crippen molar-refractivity contribution < 1.29 is 14.6 Å². The van der Waals surface area contributed by atoms with E-state index >= 15 is 0 Å². The summed E-state index contributed by atoms with van der Waals surface area (Å²) >= 11 is 0. The first kappa shape index (κ1) is 11.3. The number of hydrogen-bond donors (Lipinski definition) is 1. The second-order valence-electron chi connectivity index (χ2n) is 3.29. The largest absolute Gasteiger partial charge is 0.504 e. The lowest BCUT2D eigenvalue weighted by atomic mass is 10.1. The molecule has 0 unspecified atom stereocenters. The number of hydrogen-bond acceptors (Lipinski definition) is 3. The maximum atomic E-state index is 11.3. The molecular formula is C12H14O3. The summed E-state index contributed by atoms with van der Waals surface area (Å²) in [7, 11) is 0. The highest BCUT2D eigenvalue weighted by Crippen LogP contribution is 2.30. The number of carbonyl (C=O) groups is 1. The minimum atomic E-state index is -0.522. The van der Waals surface area contributed by atoms with E-state index in [9.17, 15) is 9.90 Å². The van der Waals surface area contributed by atoms with Crippen molar-refractivity contribution in [3.8, 4) is 11.5 Å². The van der Waals surface area contributed by atoms with E-state index in [2.05, 4.69) is 6.58 Å². The van der Waals surface area contributed by atoms with E-state index in [0.29, 0.717) is 12.0 Å². The van der Waals surface area contributed by atoms with Crippen molar-refractivity contribution in [2.75, 3.05) is 0 Å². The summed E-state index contributed by atoms with van der Waals surface area (Å²) in [6.07, 6.45) is 0.688. The third-order valence-corrected chi connectivity index (χ3v) is 2.00. The van der Waals surface area contributed by atoms with Crippen LogP contribution in [-0.4, -0.2) is 11.1 Å². The number of para-hydroxylation sites is 1. The minimum absolute atomic E-state index is 0.0241. The number of carbonyl (C=O) groups excluding carboxylic acids is 1. The summed E-state index contributed by atoms with van der Waals surface area (Å²) in [6.45, 7) is 6.97. The smallest absolute Gasteiger partial charge is 0.338 e. The number of ether oxygens (including phenoxy) is 1. The van der Waals surface area contributed by atoms with Crippen molar-refractivity contribution >= 4 is 5.97 Å². The van der Waals surface area contributed by atoms with Crippen molar-refractivity contribution in [3.05, 3.63) is 35.9 Å². The Morgan fingerprint density at radius 2 is 2.20 bits per heavy atom. The number of phenolic OH excluding ortho intramolecular Hbond substituents is 1. The van der Waals surface area contributed by atoms with Gasteiger partial charge in [0.05, 0.1) is 0 Å². The Balaban J connectivity index is 3.02. The fourth-order valence-electron chi connectivity index (χ4n) is 1.15. The first-order chi connectivity index (χ1) is 7.06. The fraction of sp³-hybridized carbons (Fsp3) is 0.250. The Hall–Kier alpha value is -1.77. The standard InChI is InChI=1S/C12H14O3/c1-4-9-6-5-7-10(13)11(9)15-12(14)8(2)3/h5-7,13H,2,4H2,1,3H3. The quantitative estimate of drug-likeness (QED) is 0.469. The summed E-state index contributed by atoms with van der Waals surface area (Å²) in [6, 6.07) is 5.01. The zero-order valence-electron chi connectivity index (χ0n) is 8.91. The first-order valence-corrected chi connectivity index (χ1v) is 4.74. The van der Waals surface area contributed by atoms with E-state index < -0.39 is 5.97 Å². The molecule has 1 N–H and O–H groups in total. The van der Waals surface area contributed by atoms with Crippen LogP contribution < -0.4 is 4.74 Å². The molecule has 0 aliphatic heterocycles. The van der Waals surface area contributed by atoms with Gasteiger partial charge in [0.1, 0.15) is 0 Å². The van der Waals surface area contributed by atoms with Crippen molar-refractivity contribution in [1.29, 1.82) is 0 Å². The SMILES string of the molecule is C=C(C)C(=O)Oc1c(O)cccc1CC. The third kappa shape index (κ3) is 2.59. The van der Waals surface area contributed by atoms with Gasteiger partial charge in [-0.25, -0.2) is 4.79 Å². The highest BCUT2D eigenvalue weighted by atomic mass is 16.5. The lowest BCUT2D eigenvalue weighted by Gasteiger charge is -2.09. The molecule has 0 amide bonds. The molecule has 0 heterocycles. The van der Waals surface area contributed by atoms with Gasteiger partial charge in [-0.15, -0.1) is 0 Å². The average molecular weight is 206 g/mol. The fourth-order valence-corrected chi connectivity index (χ4v) is 1.15. The summed E-state index contributed by atoms with van der Waals surface area (Å²) in [5, 5.41) is 9.55. The molecule has 1 rings (SSSR count). The number of rotatable bonds is 3. The lowest BCUT2D eigenvalue weighted by Crippen LogP contribution is -2.09. The maximum Gasteiger partial charge on any atom is 0.338 e. The third-order valence-electron chi connectivity index (χ3n) is 2.00. The van der Waals surface area contributed by atoms with E-state index in [1.165, 1.54) is 6.07 Å². The van der Waals surface area contributed by atoms with Crippen molar-refractivity contribution in [3.63, 3.8) is 0 Å². The molecular weight excluding hydrogens is 192 g/mol. The van der Waals surface area contributed by atoms with Gasteiger partial charge in [-0.1, -0.05) is 25.6 Å². The van der Waals surface area contributed by atoms with Crippen LogP contribution >= 0.6 is 0 Å². The molecule has 0 atom stereocenters. The summed E-state index contributed by atoms with van der Waals surface area (Å²) < 4.78 is 5.04. The molecule has 15 heavy (non-hydrogen) atoms. The predicted molar refractivity (Wildman–Crippen MR) is 57.9 cm³/mol. The van der Waals surface area contributed by atoms with Crippen LogP contribution in [0.15, 0.2) is 30.4 Å². The van der Waals surface area contributed by atoms with Crippen molar-refractivity contribution in [2.24, 2.45) is 0 Å². The predicted octanol–water partition coefficient (Wildman–Crippen LogP) is 2.44. The monoisotopic (exact) mass is 206 g/mol. The van der Waals surface area contributed by atoms with Gasteiger partial charge < -0.3 is 9.84 Å². The van der Waals surface area contributed by atoms with E-state index in [-0.39, 0.29) is 11.5 Å². The van der Waals surface area contributed by atoms with Gasteiger partial charge >= 0.3 is 5.97 Å². The van der Waals surface area contributed by atoms with Crippen LogP contribution in [-0.2, 0) is 11.2 Å². The second kappa shape index (κ2) is 4.64. The van der Waals surface area contributed by atoms with Crippen LogP contribution in [0, 0.1) is 0 Å². The lowest BCUT2D eigenvalue weighted by molar-refractivity contribution is -0.130. The van der Waals surface area contributed by atoms with Gasteiger partial charge in [0.2, 0.25) is 0 Å². The van der Waals surface area contributed by atoms with Crippen molar-refractivity contribution in [1.82, 2.24) is 0 Å². The summed E-state index contributed by atoms with van der Waals surface area (Å²) in [5.74, 6) is -0.317. The van der Waals surface area contributed by atoms with Crippen LogP contribution in [0.1, 0.15) is 19.4 Å². The number of benzene rings is 1. The molecule has 0 aromatic heterocycles. The van der Waals surface area contributed by atoms with E-state index in [1.807, 2.05) is 6.92 Å². The molecule has 1 aromatic carbocycles. The Labute approximate surface area is 89.0 Å². The molecule has 3 nitrogen and oxygen atoms in total. The van der Waals surface area contributed by atoms with E-state index in [0.717, 1.165) is 5.56 Å². The number of esters is 1. The van der Waals surface area contributed by atoms with Crippen LogP contribution in [0.25, 0.3) is 0 Å². The minimum Gasteiger partial charge on any atom is -0.504 e. The average Bonchev–Trinajstić information content (AvgIpc) is 2.20. The van der Waals surface area contributed by atoms with Gasteiger partial charge in [0, 0.05) is 5.57 Å². The number of aromatic hydroxyl groups is 1. The van der Waals surface area contributed by atoms with Gasteiger partial charge in [-0.05, 0) is 25.0 Å². The van der Waals surface area contributed by atoms with Crippen molar-refractivity contribution in [2.45, 2.75) is 20.3 Å². The Kier molecular flexibility index (Phi) is 3.50. The molecule has 0 aliphatic rings. The highest BCUT2D eigenvalue weighted by molar-refractivity contribution is 5.89. The first-order valence-electron chi connectivity index (χ1n) is 4.74. The van der Waals surface area contributed by atoms with Crippen LogP contribution in [0.5, 0.6) is 11.5 Å². The molecule has 0 spiro atoms. The molecule has 80 valence electrons. The Morgan fingerprint density at radius 3 is 2.73 bits per heavy atom. The molecule has 0 saturated heterocycles. The molecule has 0 aliphatic carbocycles. The van der Waals surface area contributed by atoms with Crippen LogP contribution in [0.4, 0.5) is 0 Å². The zero-order chi connectivity index (χ0) is 11.4. The normalized spacial score (nSPS) is 9.73. The summed E-state index contributed by atoms with van der Waals surface area (Å²) in [5.41, 5.74) is 1.10. The molecule has 0 radical (unpaired) electrons. The Morgan fingerprint density at radius 1 is 1.53 bits per heavy atom.